The Kier molecular flexibility index (Phi) is 4.98. The third-order valence-electron chi connectivity index (χ3n) is 2.57. The number of nitrogen functional groups attached to an aromatic ring is 1. The first kappa shape index (κ1) is 15.8. The third kappa shape index (κ3) is 3.21. The molecule has 0 spiro atoms. The number of nitro groups is 1. The molecule has 0 heterocycles. The largest absolute Gasteiger partial charge is 0.318 e. The molecule has 9 nitrogen and oxygen atoms in total. The van der Waals surface area contributed by atoms with Crippen LogP contribution in [-0.2, 0) is 10.0 Å². The standard InChI is InChI=1S/C10H13N5O4S/c1-14(6-2-5-11)20(18,19)8-3-4-9(13-12)10(7-8)15(16)17/h3-4,7,13H,2,6,12H2,1H3. The molecular weight excluding hydrogens is 286 g/mol. The minimum atomic E-state index is -3.88. The van der Waals surface area contributed by atoms with Gasteiger partial charge in [0.05, 0.1) is 15.9 Å². The normalized spacial score (nSPS) is 11.1. The quantitative estimate of drug-likeness (QED) is 0.440. The summed E-state index contributed by atoms with van der Waals surface area (Å²) in [5.41, 5.74) is 1.69. The molecule has 0 saturated carbocycles. The van der Waals surface area contributed by atoms with E-state index in [-0.39, 0.29) is 23.5 Å². The van der Waals surface area contributed by atoms with E-state index in [1.807, 2.05) is 6.07 Å². The van der Waals surface area contributed by atoms with Crippen molar-refractivity contribution in [2.45, 2.75) is 11.3 Å². The van der Waals surface area contributed by atoms with Crippen LogP contribution in [0.4, 0.5) is 11.4 Å². The number of hydrazine groups is 1. The molecular formula is C10H13N5O4S. The molecule has 1 aromatic rings. The Labute approximate surface area is 115 Å². The molecule has 0 radical (unpaired) electrons. The highest BCUT2D eigenvalue weighted by Crippen LogP contribution is 2.27. The highest BCUT2D eigenvalue weighted by Gasteiger charge is 2.24. The van der Waals surface area contributed by atoms with Gasteiger partial charge in [-0.1, -0.05) is 0 Å². The highest BCUT2D eigenvalue weighted by atomic mass is 32.2. The van der Waals surface area contributed by atoms with E-state index in [0.29, 0.717) is 0 Å². The fraction of sp³-hybridized carbons (Fsp3) is 0.300. The Morgan fingerprint density at radius 3 is 2.70 bits per heavy atom. The molecule has 0 aliphatic rings. The second-order valence-corrected chi connectivity index (χ2v) is 5.86. The fourth-order valence-corrected chi connectivity index (χ4v) is 2.64. The van der Waals surface area contributed by atoms with E-state index < -0.39 is 20.6 Å². The summed E-state index contributed by atoms with van der Waals surface area (Å²) in [5.74, 6) is 5.12. The minimum absolute atomic E-state index is 0.00349. The van der Waals surface area contributed by atoms with Gasteiger partial charge in [-0.25, -0.2) is 8.42 Å². The minimum Gasteiger partial charge on any atom is -0.318 e. The molecule has 0 bridgehead atoms. The van der Waals surface area contributed by atoms with Crippen LogP contribution < -0.4 is 11.3 Å². The second-order valence-electron chi connectivity index (χ2n) is 3.82. The van der Waals surface area contributed by atoms with Crippen LogP contribution in [0, 0.1) is 21.4 Å². The Bertz CT molecular complexity index is 652. The zero-order valence-corrected chi connectivity index (χ0v) is 11.4. The van der Waals surface area contributed by atoms with Crippen LogP contribution in [0.15, 0.2) is 23.1 Å². The molecule has 108 valence electrons. The molecule has 0 amide bonds. The van der Waals surface area contributed by atoms with Gasteiger partial charge in [0.25, 0.3) is 5.69 Å². The molecule has 1 aromatic carbocycles. The van der Waals surface area contributed by atoms with Crippen molar-refractivity contribution in [2.24, 2.45) is 5.84 Å². The van der Waals surface area contributed by atoms with Gasteiger partial charge in [0, 0.05) is 26.1 Å². The van der Waals surface area contributed by atoms with Gasteiger partial charge >= 0.3 is 0 Å². The molecule has 0 aliphatic carbocycles. The first-order valence-electron chi connectivity index (χ1n) is 5.43. The van der Waals surface area contributed by atoms with Crippen molar-refractivity contribution in [3.05, 3.63) is 28.3 Å². The average molecular weight is 299 g/mol. The summed E-state index contributed by atoms with van der Waals surface area (Å²) in [6, 6.07) is 5.17. The lowest BCUT2D eigenvalue weighted by molar-refractivity contribution is -0.384. The molecule has 0 atom stereocenters. The van der Waals surface area contributed by atoms with Crippen molar-refractivity contribution in [3.63, 3.8) is 0 Å². The Hall–Kier alpha value is -2.22. The van der Waals surface area contributed by atoms with E-state index in [1.165, 1.54) is 19.2 Å². The zero-order valence-electron chi connectivity index (χ0n) is 10.6. The van der Waals surface area contributed by atoms with Gasteiger partial charge in [0.15, 0.2) is 0 Å². The van der Waals surface area contributed by atoms with Crippen LogP contribution in [-0.4, -0.2) is 31.2 Å². The van der Waals surface area contributed by atoms with Gasteiger partial charge < -0.3 is 5.43 Å². The maximum Gasteiger partial charge on any atom is 0.294 e. The van der Waals surface area contributed by atoms with E-state index in [1.54, 1.807) is 0 Å². The molecule has 0 aliphatic heterocycles. The van der Waals surface area contributed by atoms with Crippen LogP contribution in [0.5, 0.6) is 0 Å². The molecule has 0 aromatic heterocycles. The number of anilines is 1. The fourth-order valence-electron chi connectivity index (χ4n) is 1.45. The van der Waals surface area contributed by atoms with Crippen molar-refractivity contribution < 1.29 is 13.3 Å². The number of benzene rings is 1. The highest BCUT2D eigenvalue weighted by molar-refractivity contribution is 7.89. The third-order valence-corrected chi connectivity index (χ3v) is 4.42. The molecule has 0 fully saturated rings. The first-order chi connectivity index (χ1) is 9.34. The Balaban J connectivity index is 3.23. The Morgan fingerprint density at radius 1 is 1.55 bits per heavy atom. The smallest absolute Gasteiger partial charge is 0.294 e. The van der Waals surface area contributed by atoms with E-state index in [2.05, 4.69) is 5.43 Å². The van der Waals surface area contributed by atoms with Crippen LogP contribution in [0.2, 0.25) is 0 Å². The number of nitro benzene ring substituents is 1. The number of hydrogen-bond acceptors (Lipinski definition) is 7. The lowest BCUT2D eigenvalue weighted by Gasteiger charge is -2.15. The SMILES string of the molecule is CN(CCC#N)S(=O)(=O)c1ccc(NN)c([N+](=O)[O-])c1. The van der Waals surface area contributed by atoms with Gasteiger partial charge in [0.1, 0.15) is 5.69 Å². The molecule has 3 N–H and O–H groups in total. The van der Waals surface area contributed by atoms with E-state index in [0.717, 1.165) is 10.4 Å². The topological polar surface area (TPSA) is 142 Å². The maximum absolute atomic E-state index is 12.2. The predicted octanol–water partition coefficient (Wildman–Crippen LogP) is 0.415. The van der Waals surface area contributed by atoms with Gasteiger partial charge in [-0.15, -0.1) is 0 Å². The summed E-state index contributed by atoms with van der Waals surface area (Å²) in [6.07, 6.45) is 0.0280. The summed E-state index contributed by atoms with van der Waals surface area (Å²) < 4.78 is 25.3. The summed E-state index contributed by atoms with van der Waals surface area (Å²) in [7, 11) is -2.58. The molecule has 0 saturated heterocycles. The molecule has 1 rings (SSSR count). The van der Waals surface area contributed by atoms with Gasteiger partial charge in [-0.05, 0) is 12.1 Å². The van der Waals surface area contributed by atoms with E-state index in [9.17, 15) is 18.5 Å². The van der Waals surface area contributed by atoms with Gasteiger partial charge in [-0.3, -0.25) is 16.0 Å². The number of nitrogens with one attached hydrogen (secondary N) is 1. The van der Waals surface area contributed by atoms with Crippen molar-refractivity contribution in [1.29, 1.82) is 5.26 Å². The van der Waals surface area contributed by atoms with Crippen molar-refractivity contribution in [1.82, 2.24) is 4.31 Å². The number of rotatable bonds is 6. The average Bonchev–Trinajstić information content (AvgIpc) is 2.43. The van der Waals surface area contributed by atoms with Crippen LogP contribution in [0.1, 0.15) is 6.42 Å². The zero-order chi connectivity index (χ0) is 15.3. The van der Waals surface area contributed by atoms with Crippen LogP contribution >= 0.6 is 0 Å². The summed E-state index contributed by atoms with van der Waals surface area (Å²) in [4.78, 5) is 9.89. The molecule has 20 heavy (non-hydrogen) atoms. The maximum atomic E-state index is 12.2. The van der Waals surface area contributed by atoms with Crippen LogP contribution in [0.3, 0.4) is 0 Å². The second kappa shape index (κ2) is 6.29. The van der Waals surface area contributed by atoms with Crippen molar-refractivity contribution >= 4 is 21.4 Å². The van der Waals surface area contributed by atoms with Crippen molar-refractivity contribution in [3.8, 4) is 6.07 Å². The van der Waals surface area contributed by atoms with Crippen LogP contribution in [0.25, 0.3) is 0 Å². The Morgan fingerprint density at radius 2 is 2.20 bits per heavy atom. The number of nitrogens with zero attached hydrogens (tertiary/aromatic N) is 3. The number of hydrogen-bond donors (Lipinski definition) is 2. The molecule has 10 heteroatoms. The number of nitrogens with two attached hydrogens (primary N) is 1. The number of nitriles is 1. The lowest BCUT2D eigenvalue weighted by atomic mass is 10.3. The summed E-state index contributed by atoms with van der Waals surface area (Å²) in [6.45, 7) is 0.00349. The predicted molar refractivity (Wildman–Crippen MR) is 71.0 cm³/mol. The summed E-state index contributed by atoms with van der Waals surface area (Å²) >= 11 is 0. The van der Waals surface area contributed by atoms with E-state index in [4.69, 9.17) is 11.1 Å². The van der Waals surface area contributed by atoms with Gasteiger partial charge in [-0.2, -0.15) is 9.57 Å². The van der Waals surface area contributed by atoms with Crippen molar-refractivity contribution in [2.75, 3.05) is 19.0 Å². The monoisotopic (exact) mass is 299 g/mol. The molecule has 0 unspecified atom stereocenters. The van der Waals surface area contributed by atoms with Gasteiger partial charge in [0.2, 0.25) is 10.0 Å². The number of sulfonamides is 1. The lowest BCUT2D eigenvalue weighted by Crippen LogP contribution is -2.28. The summed E-state index contributed by atoms with van der Waals surface area (Å²) in [5, 5.41) is 19.3. The first-order valence-corrected chi connectivity index (χ1v) is 6.87. The van der Waals surface area contributed by atoms with E-state index >= 15 is 0 Å².